The third-order valence-corrected chi connectivity index (χ3v) is 7.88. The highest BCUT2D eigenvalue weighted by Crippen LogP contribution is 2.41. The lowest BCUT2D eigenvalue weighted by Gasteiger charge is -2.32. The molecule has 2 nitrogen and oxygen atoms in total. The zero-order valence-corrected chi connectivity index (χ0v) is 22.3. The second kappa shape index (κ2) is 11.1. The molecule has 5 aromatic rings. The monoisotopic (exact) mass is 496 g/mol. The van der Waals surface area contributed by atoms with Gasteiger partial charge in [-0.05, 0) is 77.4 Å². The number of hydrogen-bond acceptors (Lipinski definition) is 2. The van der Waals surface area contributed by atoms with E-state index in [4.69, 9.17) is 0 Å². The maximum Gasteiger partial charge on any atom is 0.0452 e. The van der Waals surface area contributed by atoms with Crippen molar-refractivity contribution >= 4 is 22.1 Å². The topological polar surface area (TPSA) is 6.48 Å². The number of anilines is 2. The van der Waals surface area contributed by atoms with E-state index in [0.717, 1.165) is 26.2 Å². The minimum atomic E-state index is 0.877. The number of piperidine rings is 1. The van der Waals surface area contributed by atoms with Crippen LogP contribution >= 0.6 is 0 Å². The van der Waals surface area contributed by atoms with Gasteiger partial charge < -0.3 is 9.80 Å². The standard InChI is InChI=1S/C36H36N2/c1-28-25-32(38(26-29-13-5-2-6-14-29)27-30-15-7-3-8-16-30)20-21-33(28)36-34-18-10-9-17-31(34)19-22-35(36)37-23-11-4-12-24-37/h2-3,5-10,13-22,25H,4,11-12,23-24,26-27H2,1H3. The zero-order chi connectivity index (χ0) is 25.7. The number of fused-ring (bicyclic) bond motifs is 1. The number of nitrogens with zero attached hydrogens (tertiary/aromatic N) is 2. The molecule has 1 aliphatic rings. The normalized spacial score (nSPS) is 13.6. The van der Waals surface area contributed by atoms with Gasteiger partial charge in [0, 0.05) is 43.1 Å². The largest absolute Gasteiger partial charge is 0.371 e. The molecule has 0 aliphatic carbocycles. The average Bonchev–Trinajstić information content (AvgIpc) is 2.98. The van der Waals surface area contributed by atoms with Crippen molar-refractivity contribution in [2.24, 2.45) is 0 Å². The molecule has 1 saturated heterocycles. The Morgan fingerprint density at radius 3 is 1.92 bits per heavy atom. The second-order valence-corrected chi connectivity index (χ2v) is 10.6. The highest BCUT2D eigenvalue weighted by molar-refractivity contribution is 6.03. The van der Waals surface area contributed by atoms with E-state index in [0.29, 0.717) is 0 Å². The molecule has 1 aliphatic heterocycles. The van der Waals surface area contributed by atoms with Gasteiger partial charge in [-0.25, -0.2) is 0 Å². The molecule has 0 unspecified atom stereocenters. The lowest BCUT2D eigenvalue weighted by atomic mass is 9.92. The summed E-state index contributed by atoms with van der Waals surface area (Å²) in [7, 11) is 0. The van der Waals surface area contributed by atoms with E-state index < -0.39 is 0 Å². The Kier molecular flexibility index (Phi) is 7.13. The van der Waals surface area contributed by atoms with E-state index >= 15 is 0 Å². The molecule has 0 bridgehead atoms. The van der Waals surface area contributed by atoms with Crippen molar-refractivity contribution in [2.45, 2.75) is 39.3 Å². The Morgan fingerprint density at radius 2 is 1.26 bits per heavy atom. The molecular formula is C36H36N2. The van der Waals surface area contributed by atoms with Crippen LogP contribution in [0.5, 0.6) is 0 Å². The summed E-state index contributed by atoms with van der Waals surface area (Å²) in [5, 5.41) is 2.65. The van der Waals surface area contributed by atoms with Gasteiger partial charge in [0.15, 0.2) is 0 Å². The minimum Gasteiger partial charge on any atom is -0.371 e. The molecule has 190 valence electrons. The molecule has 38 heavy (non-hydrogen) atoms. The van der Waals surface area contributed by atoms with Crippen LogP contribution in [0.1, 0.15) is 36.0 Å². The van der Waals surface area contributed by atoms with Gasteiger partial charge in [-0.15, -0.1) is 0 Å². The summed E-state index contributed by atoms with van der Waals surface area (Å²) in [5.41, 5.74) is 9.34. The molecule has 0 atom stereocenters. The summed E-state index contributed by atoms with van der Waals surface area (Å²) in [6, 6.07) is 42.2. The lowest BCUT2D eigenvalue weighted by Crippen LogP contribution is -2.29. The van der Waals surface area contributed by atoms with Crippen LogP contribution in [-0.4, -0.2) is 13.1 Å². The summed E-state index contributed by atoms with van der Waals surface area (Å²) < 4.78 is 0. The molecule has 0 spiro atoms. The molecule has 2 heteroatoms. The number of benzene rings is 5. The summed E-state index contributed by atoms with van der Waals surface area (Å²) in [6.07, 6.45) is 3.89. The van der Waals surface area contributed by atoms with Crippen LogP contribution in [0.2, 0.25) is 0 Å². The van der Waals surface area contributed by atoms with Crippen molar-refractivity contribution in [2.75, 3.05) is 22.9 Å². The molecular weight excluding hydrogens is 460 g/mol. The Labute approximate surface area is 227 Å². The fraction of sp³-hybridized carbons (Fsp3) is 0.222. The number of aryl methyl sites for hydroxylation is 1. The molecule has 1 fully saturated rings. The highest BCUT2D eigenvalue weighted by atomic mass is 15.1. The Morgan fingerprint density at radius 1 is 0.632 bits per heavy atom. The van der Waals surface area contributed by atoms with Gasteiger partial charge >= 0.3 is 0 Å². The van der Waals surface area contributed by atoms with E-state index in [1.807, 2.05) is 0 Å². The van der Waals surface area contributed by atoms with Gasteiger partial charge in [-0.2, -0.15) is 0 Å². The SMILES string of the molecule is Cc1cc(N(Cc2ccccc2)Cc2ccccc2)ccc1-c1c(N2CCCCC2)ccc2ccccc12. The fourth-order valence-electron chi connectivity index (χ4n) is 5.91. The molecule has 0 radical (unpaired) electrons. The summed E-state index contributed by atoms with van der Waals surface area (Å²) in [4.78, 5) is 5.10. The van der Waals surface area contributed by atoms with Crippen molar-refractivity contribution in [1.82, 2.24) is 0 Å². The first kappa shape index (κ1) is 24.3. The molecule has 0 amide bonds. The average molecular weight is 497 g/mol. The molecule has 6 rings (SSSR count). The lowest BCUT2D eigenvalue weighted by molar-refractivity contribution is 0.578. The van der Waals surface area contributed by atoms with Crippen LogP contribution in [0.4, 0.5) is 11.4 Å². The van der Waals surface area contributed by atoms with E-state index in [9.17, 15) is 0 Å². The summed E-state index contributed by atoms with van der Waals surface area (Å²) in [5.74, 6) is 0. The van der Waals surface area contributed by atoms with Crippen molar-refractivity contribution in [1.29, 1.82) is 0 Å². The third-order valence-electron chi connectivity index (χ3n) is 7.88. The van der Waals surface area contributed by atoms with Crippen LogP contribution in [0.25, 0.3) is 21.9 Å². The summed E-state index contributed by atoms with van der Waals surface area (Å²) >= 11 is 0. The number of hydrogen-bond donors (Lipinski definition) is 0. The second-order valence-electron chi connectivity index (χ2n) is 10.6. The third kappa shape index (κ3) is 5.17. The van der Waals surface area contributed by atoms with Crippen LogP contribution in [0, 0.1) is 6.92 Å². The van der Waals surface area contributed by atoms with Crippen molar-refractivity contribution < 1.29 is 0 Å². The molecule has 1 heterocycles. The van der Waals surface area contributed by atoms with Crippen LogP contribution in [0.15, 0.2) is 115 Å². The summed E-state index contributed by atoms with van der Waals surface area (Å²) in [6.45, 7) is 6.32. The van der Waals surface area contributed by atoms with Gasteiger partial charge in [0.25, 0.3) is 0 Å². The highest BCUT2D eigenvalue weighted by Gasteiger charge is 2.20. The first-order chi connectivity index (χ1) is 18.8. The Hall–Kier alpha value is -4.04. The first-order valence-corrected chi connectivity index (χ1v) is 14.0. The minimum absolute atomic E-state index is 0.877. The van der Waals surface area contributed by atoms with E-state index in [2.05, 4.69) is 132 Å². The van der Waals surface area contributed by atoms with Crippen LogP contribution in [-0.2, 0) is 13.1 Å². The predicted molar refractivity (Wildman–Crippen MR) is 163 cm³/mol. The van der Waals surface area contributed by atoms with Gasteiger partial charge in [0.05, 0.1) is 0 Å². The van der Waals surface area contributed by atoms with Gasteiger partial charge in [0.2, 0.25) is 0 Å². The fourth-order valence-corrected chi connectivity index (χ4v) is 5.91. The van der Waals surface area contributed by atoms with Crippen LogP contribution in [0.3, 0.4) is 0 Å². The van der Waals surface area contributed by atoms with Crippen molar-refractivity contribution in [3.05, 3.63) is 132 Å². The molecule has 5 aromatic carbocycles. The van der Waals surface area contributed by atoms with E-state index in [1.54, 1.807) is 0 Å². The maximum atomic E-state index is 2.61. The zero-order valence-electron chi connectivity index (χ0n) is 22.3. The van der Waals surface area contributed by atoms with E-state index in [-0.39, 0.29) is 0 Å². The molecule has 0 N–H and O–H groups in total. The molecule has 0 aromatic heterocycles. The predicted octanol–water partition coefficient (Wildman–Crippen LogP) is 9.01. The quantitative estimate of drug-likeness (QED) is 0.222. The van der Waals surface area contributed by atoms with Gasteiger partial charge in [-0.3, -0.25) is 0 Å². The van der Waals surface area contributed by atoms with Crippen LogP contribution < -0.4 is 9.80 Å². The number of rotatable bonds is 7. The Bertz CT molecular complexity index is 1460. The smallest absolute Gasteiger partial charge is 0.0452 e. The van der Waals surface area contributed by atoms with Gasteiger partial charge in [0.1, 0.15) is 0 Å². The van der Waals surface area contributed by atoms with Crippen molar-refractivity contribution in [3.8, 4) is 11.1 Å². The first-order valence-electron chi connectivity index (χ1n) is 14.0. The maximum absolute atomic E-state index is 2.61. The molecule has 0 saturated carbocycles. The van der Waals surface area contributed by atoms with Gasteiger partial charge in [-0.1, -0.05) is 97.1 Å². The van der Waals surface area contributed by atoms with E-state index in [1.165, 1.54) is 69.2 Å². The van der Waals surface area contributed by atoms with Crippen molar-refractivity contribution in [3.63, 3.8) is 0 Å². The Balaban J connectivity index is 1.42.